The molecule has 3 rings (SSSR count). The lowest BCUT2D eigenvalue weighted by Crippen LogP contribution is -2.26. The Bertz CT molecular complexity index is 620. The topological polar surface area (TPSA) is 64.4 Å². The molecule has 1 aliphatic rings. The Labute approximate surface area is 124 Å². The van der Waals surface area contributed by atoms with Crippen LogP contribution < -0.4 is 5.32 Å². The normalized spacial score (nSPS) is 18.1. The maximum Gasteiger partial charge on any atom is 0.255 e. The number of carbonyl (C=O) groups is 1. The van der Waals surface area contributed by atoms with E-state index in [0.29, 0.717) is 18.2 Å². The van der Waals surface area contributed by atoms with Crippen LogP contribution in [-0.4, -0.2) is 23.8 Å². The van der Waals surface area contributed by atoms with Gasteiger partial charge < -0.3 is 9.26 Å². The number of aromatic nitrogens is 1. The van der Waals surface area contributed by atoms with Crippen LogP contribution in [0.2, 0.25) is 0 Å². The first-order valence-electron chi connectivity index (χ1n) is 6.38. The molecule has 1 aliphatic heterocycles. The highest BCUT2D eigenvalue weighted by atomic mass is 79.9. The van der Waals surface area contributed by atoms with Crippen molar-refractivity contribution in [2.24, 2.45) is 0 Å². The Balaban J connectivity index is 1.74. The van der Waals surface area contributed by atoms with Crippen LogP contribution in [0.3, 0.4) is 0 Å². The zero-order valence-electron chi connectivity index (χ0n) is 10.6. The molecule has 0 aliphatic carbocycles. The summed E-state index contributed by atoms with van der Waals surface area (Å²) in [4.78, 5) is 11.9. The van der Waals surface area contributed by atoms with Crippen molar-refractivity contribution in [3.8, 4) is 11.3 Å². The van der Waals surface area contributed by atoms with Crippen molar-refractivity contribution < 1.29 is 14.1 Å². The maximum absolute atomic E-state index is 11.9. The first-order chi connectivity index (χ1) is 9.74. The maximum atomic E-state index is 11.9. The number of ether oxygens (including phenoxy) is 1. The predicted molar refractivity (Wildman–Crippen MR) is 77.2 cm³/mol. The number of hydrogen-bond donors (Lipinski definition) is 1. The summed E-state index contributed by atoms with van der Waals surface area (Å²) >= 11 is 3.46. The van der Waals surface area contributed by atoms with Crippen LogP contribution in [0.5, 0.6) is 0 Å². The van der Waals surface area contributed by atoms with Gasteiger partial charge in [0.05, 0.1) is 0 Å². The molecule has 0 spiro atoms. The molecular weight excluding hydrogens is 324 g/mol. The average Bonchev–Trinajstić information content (AvgIpc) is 3.10. The van der Waals surface area contributed by atoms with Gasteiger partial charge in [0.1, 0.15) is 11.8 Å². The molecule has 1 saturated heterocycles. The van der Waals surface area contributed by atoms with Gasteiger partial charge in [0.2, 0.25) is 5.88 Å². The lowest BCUT2D eigenvalue weighted by Gasteiger charge is -2.06. The van der Waals surface area contributed by atoms with E-state index in [-0.39, 0.29) is 12.0 Å². The Morgan fingerprint density at radius 2 is 2.25 bits per heavy atom. The molecule has 1 aromatic carbocycles. The van der Waals surface area contributed by atoms with Crippen LogP contribution in [0.1, 0.15) is 12.8 Å². The number of amides is 1. The summed E-state index contributed by atoms with van der Waals surface area (Å²) in [6, 6.07) is 9.39. The molecule has 1 amide bonds. The van der Waals surface area contributed by atoms with Gasteiger partial charge in [-0.2, -0.15) is 0 Å². The van der Waals surface area contributed by atoms with E-state index in [1.54, 1.807) is 6.07 Å². The molecular formula is C14H13BrN2O3. The lowest BCUT2D eigenvalue weighted by molar-refractivity contribution is -0.124. The van der Waals surface area contributed by atoms with Gasteiger partial charge in [-0.3, -0.25) is 10.1 Å². The smallest absolute Gasteiger partial charge is 0.255 e. The van der Waals surface area contributed by atoms with Gasteiger partial charge in [-0.05, 0) is 18.9 Å². The highest BCUT2D eigenvalue weighted by molar-refractivity contribution is 9.10. The fraction of sp³-hybridized carbons (Fsp3) is 0.286. The Morgan fingerprint density at radius 3 is 3.00 bits per heavy atom. The second-order valence-corrected chi connectivity index (χ2v) is 5.40. The molecule has 0 bridgehead atoms. The van der Waals surface area contributed by atoms with Crippen LogP contribution in [0.15, 0.2) is 39.3 Å². The summed E-state index contributed by atoms with van der Waals surface area (Å²) in [5.74, 6) is 0.147. The number of benzene rings is 1. The third-order valence-electron chi connectivity index (χ3n) is 3.13. The van der Waals surface area contributed by atoms with E-state index in [9.17, 15) is 4.79 Å². The summed E-state index contributed by atoms with van der Waals surface area (Å²) in [5.41, 5.74) is 1.58. The Kier molecular flexibility index (Phi) is 3.84. The number of anilines is 1. The van der Waals surface area contributed by atoms with E-state index in [0.717, 1.165) is 22.9 Å². The van der Waals surface area contributed by atoms with Crippen molar-refractivity contribution in [1.29, 1.82) is 0 Å². The Hall–Kier alpha value is -1.66. The molecule has 1 N–H and O–H groups in total. The minimum Gasteiger partial charge on any atom is -0.368 e. The van der Waals surface area contributed by atoms with E-state index in [1.807, 2.05) is 24.3 Å². The van der Waals surface area contributed by atoms with E-state index >= 15 is 0 Å². The molecule has 104 valence electrons. The zero-order chi connectivity index (χ0) is 13.9. The summed E-state index contributed by atoms with van der Waals surface area (Å²) < 4.78 is 11.4. The van der Waals surface area contributed by atoms with E-state index in [2.05, 4.69) is 26.4 Å². The van der Waals surface area contributed by atoms with Crippen molar-refractivity contribution in [2.75, 3.05) is 11.9 Å². The summed E-state index contributed by atoms with van der Waals surface area (Å²) in [6.07, 6.45) is 1.28. The molecule has 0 saturated carbocycles. The Morgan fingerprint density at radius 1 is 1.40 bits per heavy atom. The number of halogens is 1. The zero-order valence-corrected chi connectivity index (χ0v) is 12.2. The third kappa shape index (κ3) is 2.76. The van der Waals surface area contributed by atoms with Gasteiger partial charge in [-0.25, -0.2) is 0 Å². The van der Waals surface area contributed by atoms with Gasteiger partial charge >= 0.3 is 0 Å². The molecule has 2 aromatic rings. The molecule has 1 aromatic heterocycles. The van der Waals surface area contributed by atoms with Crippen molar-refractivity contribution >= 4 is 27.7 Å². The SMILES string of the molecule is O=C(Nc1cc(-c2ccccc2Br)no1)C1CCCO1. The second kappa shape index (κ2) is 5.76. The molecule has 2 heterocycles. The molecule has 1 unspecified atom stereocenters. The van der Waals surface area contributed by atoms with E-state index < -0.39 is 0 Å². The van der Waals surface area contributed by atoms with E-state index in [1.165, 1.54) is 0 Å². The van der Waals surface area contributed by atoms with Gasteiger partial charge in [-0.1, -0.05) is 39.3 Å². The number of rotatable bonds is 3. The number of hydrogen-bond acceptors (Lipinski definition) is 4. The van der Waals surface area contributed by atoms with Crippen LogP contribution in [0.4, 0.5) is 5.88 Å². The van der Waals surface area contributed by atoms with Gasteiger partial charge in [0.15, 0.2) is 0 Å². The van der Waals surface area contributed by atoms with Gasteiger partial charge in [-0.15, -0.1) is 0 Å². The molecule has 20 heavy (non-hydrogen) atoms. The minimum atomic E-state index is -0.382. The molecule has 1 fully saturated rings. The predicted octanol–water partition coefficient (Wildman–Crippen LogP) is 3.22. The van der Waals surface area contributed by atoms with Crippen molar-refractivity contribution in [1.82, 2.24) is 5.16 Å². The van der Waals surface area contributed by atoms with Crippen LogP contribution in [0, 0.1) is 0 Å². The van der Waals surface area contributed by atoms with E-state index in [4.69, 9.17) is 9.26 Å². The molecule has 5 nitrogen and oxygen atoms in total. The number of nitrogens with one attached hydrogen (secondary N) is 1. The molecule has 1 atom stereocenters. The third-order valence-corrected chi connectivity index (χ3v) is 3.82. The van der Waals surface area contributed by atoms with Gasteiger partial charge in [0.25, 0.3) is 5.91 Å². The largest absolute Gasteiger partial charge is 0.368 e. The summed E-state index contributed by atoms with van der Waals surface area (Å²) in [7, 11) is 0. The monoisotopic (exact) mass is 336 g/mol. The molecule has 6 heteroatoms. The van der Waals surface area contributed by atoms with Crippen molar-refractivity contribution in [3.05, 3.63) is 34.8 Å². The quantitative estimate of drug-likeness (QED) is 0.934. The lowest BCUT2D eigenvalue weighted by atomic mass is 10.1. The van der Waals surface area contributed by atoms with Crippen LogP contribution >= 0.6 is 15.9 Å². The van der Waals surface area contributed by atoms with Gasteiger partial charge in [0, 0.05) is 22.7 Å². The fourth-order valence-corrected chi connectivity index (χ4v) is 2.60. The van der Waals surface area contributed by atoms with Crippen LogP contribution in [-0.2, 0) is 9.53 Å². The summed E-state index contributed by atoms with van der Waals surface area (Å²) in [5, 5.41) is 6.65. The molecule has 0 radical (unpaired) electrons. The van der Waals surface area contributed by atoms with Crippen molar-refractivity contribution in [2.45, 2.75) is 18.9 Å². The van der Waals surface area contributed by atoms with Crippen LogP contribution in [0.25, 0.3) is 11.3 Å². The fourth-order valence-electron chi connectivity index (χ4n) is 2.12. The van der Waals surface area contributed by atoms with Crippen molar-refractivity contribution in [3.63, 3.8) is 0 Å². The number of nitrogens with zero attached hydrogens (tertiary/aromatic N) is 1. The first-order valence-corrected chi connectivity index (χ1v) is 7.17. The summed E-state index contributed by atoms with van der Waals surface area (Å²) in [6.45, 7) is 0.636. The highest BCUT2D eigenvalue weighted by Gasteiger charge is 2.24. The standard InChI is InChI=1S/C14H13BrN2O3/c15-10-5-2-1-4-9(10)11-8-13(20-17-11)16-14(18)12-6-3-7-19-12/h1-2,4-5,8,12H,3,6-7H2,(H,16,18). The average molecular weight is 337 g/mol. The number of carbonyl (C=O) groups excluding carboxylic acids is 1. The minimum absolute atomic E-state index is 0.183. The second-order valence-electron chi connectivity index (χ2n) is 4.55. The highest BCUT2D eigenvalue weighted by Crippen LogP contribution is 2.28. The first kappa shape index (κ1) is 13.3.